The molecular formula is C12H14ClNO5S. The van der Waals surface area contributed by atoms with Gasteiger partial charge in [0.05, 0.1) is 11.0 Å². The summed E-state index contributed by atoms with van der Waals surface area (Å²) in [6.45, 7) is 1.36. The number of aryl methyl sites for hydroxylation is 1. The SMILES string of the molecule is Cc1cc(Cl)ccc1S(=O)(=O)N1C[C@@H](O)C[C@H]1C(=O)O. The number of aliphatic carboxylic acids is 1. The highest BCUT2D eigenvalue weighted by Crippen LogP contribution is 2.29. The van der Waals surface area contributed by atoms with Crippen molar-refractivity contribution >= 4 is 27.6 Å². The highest BCUT2D eigenvalue weighted by Gasteiger charge is 2.43. The molecule has 20 heavy (non-hydrogen) atoms. The Morgan fingerprint density at radius 2 is 2.10 bits per heavy atom. The minimum Gasteiger partial charge on any atom is -0.480 e. The summed E-state index contributed by atoms with van der Waals surface area (Å²) in [5.41, 5.74) is 0.433. The molecule has 8 heteroatoms. The van der Waals surface area contributed by atoms with E-state index in [1.54, 1.807) is 6.92 Å². The van der Waals surface area contributed by atoms with Crippen molar-refractivity contribution in [2.24, 2.45) is 0 Å². The Balaban J connectivity index is 2.46. The third-order valence-corrected chi connectivity index (χ3v) is 5.51. The van der Waals surface area contributed by atoms with Crippen LogP contribution in [0.1, 0.15) is 12.0 Å². The first-order valence-corrected chi connectivity index (χ1v) is 7.74. The lowest BCUT2D eigenvalue weighted by atomic mass is 10.2. The molecule has 1 saturated heterocycles. The van der Waals surface area contributed by atoms with Gasteiger partial charge in [-0.3, -0.25) is 4.79 Å². The Hall–Kier alpha value is -1.15. The maximum atomic E-state index is 12.5. The highest BCUT2D eigenvalue weighted by molar-refractivity contribution is 7.89. The van der Waals surface area contributed by atoms with Crippen LogP contribution in [0.25, 0.3) is 0 Å². The van der Waals surface area contributed by atoms with Gasteiger partial charge >= 0.3 is 5.97 Å². The summed E-state index contributed by atoms with van der Waals surface area (Å²) in [5, 5.41) is 19.0. The van der Waals surface area contributed by atoms with Crippen LogP contribution in [0.4, 0.5) is 0 Å². The second kappa shape index (κ2) is 5.33. The van der Waals surface area contributed by atoms with Gasteiger partial charge in [-0.15, -0.1) is 0 Å². The largest absolute Gasteiger partial charge is 0.480 e. The normalized spacial score (nSPS) is 23.9. The average Bonchev–Trinajstić information content (AvgIpc) is 2.71. The molecule has 1 fully saturated rings. The molecule has 1 aliphatic rings. The van der Waals surface area contributed by atoms with Crippen molar-refractivity contribution in [2.75, 3.05) is 6.54 Å². The van der Waals surface area contributed by atoms with Crippen LogP contribution in [0.2, 0.25) is 5.02 Å². The van der Waals surface area contributed by atoms with E-state index in [4.69, 9.17) is 16.7 Å². The first-order valence-electron chi connectivity index (χ1n) is 5.92. The number of hydrogen-bond acceptors (Lipinski definition) is 4. The Kier molecular flexibility index (Phi) is 4.06. The molecular weight excluding hydrogens is 306 g/mol. The van der Waals surface area contributed by atoms with E-state index in [2.05, 4.69) is 0 Å². The average molecular weight is 320 g/mol. The van der Waals surface area contributed by atoms with E-state index in [1.165, 1.54) is 18.2 Å². The summed E-state index contributed by atoms with van der Waals surface area (Å²) < 4.78 is 25.9. The van der Waals surface area contributed by atoms with Crippen LogP contribution in [0.15, 0.2) is 23.1 Å². The van der Waals surface area contributed by atoms with Gasteiger partial charge < -0.3 is 10.2 Å². The third kappa shape index (κ3) is 2.67. The van der Waals surface area contributed by atoms with Crippen LogP contribution in [-0.2, 0) is 14.8 Å². The predicted octanol–water partition coefficient (Wildman–Crippen LogP) is 0.857. The van der Waals surface area contributed by atoms with Gasteiger partial charge in [-0.25, -0.2) is 8.42 Å². The fourth-order valence-electron chi connectivity index (χ4n) is 2.30. The fraction of sp³-hybridized carbons (Fsp3) is 0.417. The Bertz CT molecular complexity index is 645. The molecule has 0 bridgehead atoms. The number of carboxylic acids is 1. The second-order valence-corrected chi connectivity index (χ2v) is 7.02. The molecule has 2 N–H and O–H groups in total. The molecule has 0 radical (unpaired) electrons. The van der Waals surface area contributed by atoms with Crippen LogP contribution in [0.3, 0.4) is 0 Å². The maximum Gasteiger partial charge on any atom is 0.322 e. The molecule has 0 saturated carbocycles. The number of aliphatic hydroxyl groups is 1. The summed E-state index contributed by atoms with van der Waals surface area (Å²) in [4.78, 5) is 11.1. The first-order chi connectivity index (χ1) is 9.23. The van der Waals surface area contributed by atoms with Gasteiger partial charge in [0.25, 0.3) is 0 Å². The van der Waals surface area contributed by atoms with Gasteiger partial charge in [0, 0.05) is 18.0 Å². The van der Waals surface area contributed by atoms with Crippen LogP contribution >= 0.6 is 11.6 Å². The molecule has 0 unspecified atom stereocenters. The third-order valence-electron chi connectivity index (χ3n) is 3.24. The summed E-state index contributed by atoms with van der Waals surface area (Å²) in [6, 6.07) is 3.03. The fourth-order valence-corrected chi connectivity index (χ4v) is 4.37. The zero-order chi connectivity index (χ0) is 15.1. The number of carboxylic acid groups (broad SMARTS) is 1. The molecule has 1 heterocycles. The molecule has 1 aliphatic heterocycles. The van der Waals surface area contributed by atoms with E-state index in [-0.39, 0.29) is 17.9 Å². The van der Waals surface area contributed by atoms with E-state index in [0.717, 1.165) is 4.31 Å². The number of sulfonamides is 1. The van der Waals surface area contributed by atoms with Crippen LogP contribution < -0.4 is 0 Å². The van der Waals surface area contributed by atoms with E-state index in [9.17, 15) is 18.3 Å². The lowest BCUT2D eigenvalue weighted by Crippen LogP contribution is -2.40. The number of rotatable bonds is 3. The Morgan fingerprint density at radius 1 is 1.45 bits per heavy atom. The smallest absolute Gasteiger partial charge is 0.322 e. The van der Waals surface area contributed by atoms with Crippen molar-refractivity contribution in [2.45, 2.75) is 30.4 Å². The summed E-state index contributed by atoms with van der Waals surface area (Å²) >= 11 is 5.79. The standard InChI is InChI=1S/C12H14ClNO5S/c1-7-4-8(13)2-3-11(7)20(18,19)14-6-9(15)5-10(14)12(16)17/h2-4,9-10,15H,5-6H2,1H3,(H,16,17)/t9-,10-/m0/s1. The van der Waals surface area contributed by atoms with Crippen molar-refractivity contribution in [1.29, 1.82) is 0 Å². The number of β-amino-alcohol motifs (C(OH)–C–C–N with tert-alkyl or cyclic N) is 1. The topological polar surface area (TPSA) is 94.9 Å². The molecule has 0 spiro atoms. The molecule has 1 aromatic carbocycles. The molecule has 110 valence electrons. The number of benzene rings is 1. The number of hydrogen-bond donors (Lipinski definition) is 2. The molecule has 0 aromatic heterocycles. The van der Waals surface area contributed by atoms with Crippen molar-refractivity contribution in [3.05, 3.63) is 28.8 Å². The quantitative estimate of drug-likeness (QED) is 0.861. The predicted molar refractivity (Wildman–Crippen MR) is 72.1 cm³/mol. The molecule has 0 aliphatic carbocycles. The number of aliphatic hydroxyl groups excluding tert-OH is 1. The highest BCUT2D eigenvalue weighted by atomic mass is 35.5. The zero-order valence-corrected chi connectivity index (χ0v) is 12.2. The van der Waals surface area contributed by atoms with Gasteiger partial charge in [0.1, 0.15) is 6.04 Å². The van der Waals surface area contributed by atoms with Crippen LogP contribution in [0.5, 0.6) is 0 Å². The van der Waals surface area contributed by atoms with E-state index < -0.39 is 28.1 Å². The van der Waals surface area contributed by atoms with Crippen molar-refractivity contribution in [3.63, 3.8) is 0 Å². The number of carbonyl (C=O) groups is 1. The van der Waals surface area contributed by atoms with Gasteiger partial charge in [-0.05, 0) is 30.7 Å². The van der Waals surface area contributed by atoms with Crippen molar-refractivity contribution < 1.29 is 23.4 Å². The van der Waals surface area contributed by atoms with Gasteiger partial charge in [-0.2, -0.15) is 4.31 Å². The summed E-state index contributed by atoms with van der Waals surface area (Å²) in [6.07, 6.45) is -1.08. The molecule has 2 atom stereocenters. The maximum absolute atomic E-state index is 12.5. The van der Waals surface area contributed by atoms with Crippen molar-refractivity contribution in [1.82, 2.24) is 4.31 Å². The summed E-state index contributed by atoms with van der Waals surface area (Å²) in [7, 11) is -3.98. The Labute approximate surface area is 121 Å². The van der Waals surface area contributed by atoms with E-state index >= 15 is 0 Å². The van der Waals surface area contributed by atoms with E-state index in [1.807, 2.05) is 0 Å². The lowest BCUT2D eigenvalue weighted by molar-refractivity contribution is -0.140. The molecule has 2 rings (SSSR count). The van der Waals surface area contributed by atoms with E-state index in [0.29, 0.717) is 10.6 Å². The van der Waals surface area contributed by atoms with Gasteiger partial charge in [0.15, 0.2) is 0 Å². The lowest BCUT2D eigenvalue weighted by Gasteiger charge is -2.21. The first kappa shape index (κ1) is 15.2. The second-order valence-electron chi connectivity index (χ2n) is 4.73. The monoisotopic (exact) mass is 319 g/mol. The zero-order valence-electron chi connectivity index (χ0n) is 10.7. The molecule has 6 nitrogen and oxygen atoms in total. The number of nitrogens with zero attached hydrogens (tertiary/aromatic N) is 1. The molecule has 1 aromatic rings. The van der Waals surface area contributed by atoms with Crippen molar-refractivity contribution in [3.8, 4) is 0 Å². The minimum absolute atomic E-state index is 0.00208. The Morgan fingerprint density at radius 3 is 2.65 bits per heavy atom. The minimum atomic E-state index is -3.98. The molecule has 0 amide bonds. The van der Waals surface area contributed by atoms with Crippen LogP contribution in [0, 0.1) is 6.92 Å². The van der Waals surface area contributed by atoms with Gasteiger partial charge in [0.2, 0.25) is 10.0 Å². The van der Waals surface area contributed by atoms with Crippen LogP contribution in [-0.4, -0.2) is 47.6 Å². The number of halogens is 1. The summed E-state index contributed by atoms with van der Waals surface area (Å²) in [5.74, 6) is -1.27. The van der Waals surface area contributed by atoms with Gasteiger partial charge in [-0.1, -0.05) is 11.6 Å².